The zero-order valence-electron chi connectivity index (χ0n) is 11.5. The molecule has 0 bridgehead atoms. The molecule has 0 radical (unpaired) electrons. The molecule has 0 atom stereocenters. The summed E-state index contributed by atoms with van der Waals surface area (Å²) in [6.07, 6.45) is 1.67. The van der Waals surface area contributed by atoms with Crippen LogP contribution in [0, 0.1) is 0 Å². The van der Waals surface area contributed by atoms with Crippen LogP contribution in [0.3, 0.4) is 0 Å². The van der Waals surface area contributed by atoms with Crippen LogP contribution in [0.2, 0.25) is 0 Å². The molecule has 2 aromatic carbocycles. The summed E-state index contributed by atoms with van der Waals surface area (Å²) in [4.78, 5) is 23.3. The first-order chi connectivity index (χ1) is 10.1. The van der Waals surface area contributed by atoms with Gasteiger partial charge in [0.1, 0.15) is 0 Å². The minimum atomic E-state index is -0.133. The molecule has 4 heteroatoms. The molecule has 104 valence electrons. The van der Waals surface area contributed by atoms with Crippen LogP contribution >= 0.6 is 0 Å². The highest BCUT2D eigenvalue weighted by Crippen LogP contribution is 2.31. The summed E-state index contributed by atoms with van der Waals surface area (Å²) in [5, 5.41) is 5.89. The molecule has 1 aliphatic heterocycles. The van der Waals surface area contributed by atoms with Gasteiger partial charge in [0.25, 0.3) is 5.91 Å². The number of ketones is 1. The smallest absolute Gasteiger partial charge is 0.257 e. The van der Waals surface area contributed by atoms with Gasteiger partial charge in [0.2, 0.25) is 0 Å². The number of rotatable bonds is 3. The quantitative estimate of drug-likeness (QED) is 0.669. The Balaban J connectivity index is 1.88. The van der Waals surface area contributed by atoms with E-state index in [0.717, 1.165) is 16.9 Å². The van der Waals surface area contributed by atoms with E-state index in [9.17, 15) is 9.59 Å². The molecule has 0 saturated heterocycles. The molecule has 0 aliphatic carbocycles. The number of amides is 1. The van der Waals surface area contributed by atoms with Crippen molar-refractivity contribution in [2.24, 2.45) is 0 Å². The third-order valence-corrected chi connectivity index (χ3v) is 3.36. The van der Waals surface area contributed by atoms with Gasteiger partial charge < -0.3 is 10.6 Å². The van der Waals surface area contributed by atoms with E-state index < -0.39 is 0 Å². The standard InChI is InChI=1S/C17H14N2O2/c1-11(20)12-5-4-6-13(9-12)18-10-15-14-7-2-3-8-16(14)19-17(15)21/h2-10,18H,1H3,(H,19,21)/b15-10-. The Morgan fingerprint density at radius 3 is 2.76 bits per heavy atom. The van der Waals surface area contributed by atoms with Crippen molar-refractivity contribution < 1.29 is 9.59 Å². The van der Waals surface area contributed by atoms with Gasteiger partial charge in [0.05, 0.1) is 5.57 Å². The lowest BCUT2D eigenvalue weighted by Crippen LogP contribution is -2.05. The van der Waals surface area contributed by atoms with Crippen LogP contribution in [0.1, 0.15) is 22.8 Å². The van der Waals surface area contributed by atoms with E-state index >= 15 is 0 Å². The molecule has 0 fully saturated rings. The minimum Gasteiger partial charge on any atom is -0.361 e. The largest absolute Gasteiger partial charge is 0.361 e. The van der Waals surface area contributed by atoms with Crippen LogP contribution in [0.25, 0.3) is 5.57 Å². The van der Waals surface area contributed by atoms with E-state index in [0.29, 0.717) is 11.1 Å². The summed E-state index contributed by atoms with van der Waals surface area (Å²) in [6, 6.07) is 14.7. The number of Topliss-reactive ketones (excluding diaryl/α,β-unsaturated/α-hetero) is 1. The zero-order valence-corrected chi connectivity index (χ0v) is 11.5. The molecule has 2 aromatic rings. The van der Waals surface area contributed by atoms with E-state index in [-0.39, 0.29) is 11.7 Å². The van der Waals surface area contributed by atoms with Crippen molar-refractivity contribution in [1.29, 1.82) is 0 Å². The van der Waals surface area contributed by atoms with Crippen LogP contribution in [0.4, 0.5) is 11.4 Å². The van der Waals surface area contributed by atoms with Crippen LogP contribution in [-0.4, -0.2) is 11.7 Å². The van der Waals surface area contributed by atoms with Crippen molar-refractivity contribution >= 4 is 28.6 Å². The Bertz CT molecular complexity index is 763. The van der Waals surface area contributed by atoms with Gasteiger partial charge in [0.15, 0.2) is 5.78 Å². The zero-order chi connectivity index (χ0) is 14.8. The van der Waals surface area contributed by atoms with Gasteiger partial charge in [-0.15, -0.1) is 0 Å². The van der Waals surface area contributed by atoms with Crippen molar-refractivity contribution in [3.8, 4) is 0 Å². The molecule has 0 aromatic heterocycles. The molecule has 0 spiro atoms. The summed E-state index contributed by atoms with van der Waals surface area (Å²) < 4.78 is 0. The summed E-state index contributed by atoms with van der Waals surface area (Å²) in [5.74, 6) is -0.123. The number of carbonyl (C=O) groups excluding carboxylic acids is 2. The van der Waals surface area contributed by atoms with Gasteiger partial charge in [-0.2, -0.15) is 0 Å². The van der Waals surface area contributed by atoms with E-state index in [1.807, 2.05) is 30.3 Å². The SMILES string of the molecule is CC(=O)c1cccc(N/C=C2\C(=O)Nc3ccccc32)c1. The Labute approximate surface area is 122 Å². The molecule has 21 heavy (non-hydrogen) atoms. The molecule has 0 saturated carbocycles. The van der Waals surface area contributed by atoms with E-state index in [4.69, 9.17) is 0 Å². The second kappa shape index (κ2) is 5.25. The Morgan fingerprint density at radius 2 is 1.95 bits per heavy atom. The number of anilines is 2. The number of carbonyl (C=O) groups is 2. The van der Waals surface area contributed by atoms with Gasteiger partial charge in [-0.05, 0) is 25.1 Å². The third-order valence-electron chi connectivity index (χ3n) is 3.36. The molecule has 1 heterocycles. The van der Waals surface area contributed by atoms with E-state index in [1.54, 1.807) is 24.4 Å². The second-order valence-electron chi connectivity index (χ2n) is 4.84. The molecular formula is C17H14N2O2. The minimum absolute atomic E-state index is 0.00950. The first-order valence-corrected chi connectivity index (χ1v) is 6.63. The second-order valence-corrected chi connectivity index (χ2v) is 4.84. The normalized spacial score (nSPS) is 14.7. The fourth-order valence-corrected chi connectivity index (χ4v) is 2.27. The molecular weight excluding hydrogens is 264 g/mol. The Morgan fingerprint density at radius 1 is 1.14 bits per heavy atom. The van der Waals surface area contributed by atoms with Crippen LogP contribution in [0.5, 0.6) is 0 Å². The van der Waals surface area contributed by atoms with Crippen molar-refractivity contribution in [3.63, 3.8) is 0 Å². The molecule has 2 N–H and O–H groups in total. The molecule has 1 amide bonds. The van der Waals surface area contributed by atoms with Crippen molar-refractivity contribution in [3.05, 3.63) is 65.9 Å². The highest BCUT2D eigenvalue weighted by Gasteiger charge is 2.23. The number of benzene rings is 2. The van der Waals surface area contributed by atoms with Gasteiger partial charge >= 0.3 is 0 Å². The fourth-order valence-electron chi connectivity index (χ4n) is 2.27. The van der Waals surface area contributed by atoms with E-state index in [2.05, 4.69) is 10.6 Å². The topological polar surface area (TPSA) is 58.2 Å². The van der Waals surface area contributed by atoms with Crippen LogP contribution in [0.15, 0.2) is 54.7 Å². The van der Waals surface area contributed by atoms with Gasteiger partial charge in [-0.3, -0.25) is 9.59 Å². The first-order valence-electron chi connectivity index (χ1n) is 6.63. The maximum atomic E-state index is 12.0. The Kier molecular flexibility index (Phi) is 3.28. The van der Waals surface area contributed by atoms with Crippen LogP contribution < -0.4 is 10.6 Å². The number of hydrogen-bond acceptors (Lipinski definition) is 3. The lowest BCUT2D eigenvalue weighted by molar-refractivity contribution is -0.110. The third kappa shape index (κ3) is 2.56. The van der Waals surface area contributed by atoms with Crippen molar-refractivity contribution in [2.45, 2.75) is 6.92 Å². The number of fused-ring (bicyclic) bond motifs is 1. The maximum absolute atomic E-state index is 12.0. The van der Waals surface area contributed by atoms with Crippen LogP contribution in [-0.2, 0) is 4.79 Å². The van der Waals surface area contributed by atoms with Crippen molar-refractivity contribution in [1.82, 2.24) is 0 Å². The predicted octanol–water partition coefficient (Wildman–Crippen LogP) is 3.29. The van der Waals surface area contributed by atoms with Gasteiger partial charge in [0, 0.05) is 28.7 Å². The lowest BCUT2D eigenvalue weighted by Gasteiger charge is -2.04. The monoisotopic (exact) mass is 278 g/mol. The average Bonchev–Trinajstić information content (AvgIpc) is 2.81. The molecule has 1 aliphatic rings. The number of para-hydroxylation sites is 1. The van der Waals surface area contributed by atoms with Gasteiger partial charge in [-0.1, -0.05) is 30.3 Å². The highest BCUT2D eigenvalue weighted by atomic mass is 16.2. The highest BCUT2D eigenvalue weighted by molar-refractivity contribution is 6.31. The predicted molar refractivity (Wildman–Crippen MR) is 83.1 cm³/mol. The van der Waals surface area contributed by atoms with Crippen molar-refractivity contribution in [2.75, 3.05) is 10.6 Å². The maximum Gasteiger partial charge on any atom is 0.257 e. The summed E-state index contributed by atoms with van der Waals surface area (Å²) in [5.41, 5.74) is 3.67. The Hall–Kier alpha value is -2.88. The number of nitrogens with one attached hydrogen (secondary N) is 2. The summed E-state index contributed by atoms with van der Waals surface area (Å²) in [6.45, 7) is 1.53. The molecule has 3 rings (SSSR count). The number of hydrogen-bond donors (Lipinski definition) is 2. The average molecular weight is 278 g/mol. The molecule has 4 nitrogen and oxygen atoms in total. The van der Waals surface area contributed by atoms with E-state index in [1.165, 1.54) is 6.92 Å². The fraction of sp³-hybridized carbons (Fsp3) is 0.0588. The van der Waals surface area contributed by atoms with Gasteiger partial charge in [-0.25, -0.2) is 0 Å². The first kappa shape index (κ1) is 13.1. The summed E-state index contributed by atoms with van der Waals surface area (Å²) >= 11 is 0. The summed E-state index contributed by atoms with van der Waals surface area (Å²) in [7, 11) is 0. The molecule has 0 unspecified atom stereocenters. The lowest BCUT2D eigenvalue weighted by atomic mass is 10.1.